The zero-order valence-electron chi connectivity index (χ0n) is 7.97. The van der Waals surface area contributed by atoms with E-state index in [0.29, 0.717) is 6.54 Å². The molecule has 1 N–H and O–H groups in total. The van der Waals surface area contributed by atoms with Gasteiger partial charge in [0, 0.05) is 19.8 Å². The van der Waals surface area contributed by atoms with E-state index in [0.717, 1.165) is 5.69 Å². The average molecular weight is 215 g/mol. The van der Waals surface area contributed by atoms with Gasteiger partial charge in [-0.1, -0.05) is 0 Å². The number of nitrogens with zero attached hydrogens (tertiary/aromatic N) is 2. The summed E-state index contributed by atoms with van der Waals surface area (Å²) < 4.78 is 24.4. The quantitative estimate of drug-likeness (QED) is 0.684. The lowest BCUT2D eigenvalue weighted by molar-refractivity contribution is 0.519. The molecule has 0 saturated carbocycles. The van der Waals surface area contributed by atoms with Crippen molar-refractivity contribution >= 4 is 9.84 Å². The fourth-order valence-electron chi connectivity index (χ4n) is 1.59. The van der Waals surface area contributed by atoms with E-state index >= 15 is 0 Å². The maximum Gasteiger partial charge on any atom is 0.153 e. The first-order valence-electron chi connectivity index (χ1n) is 4.50. The summed E-state index contributed by atoms with van der Waals surface area (Å²) in [5.74, 6) is 0.389. The van der Waals surface area contributed by atoms with Crippen molar-refractivity contribution < 1.29 is 8.42 Å². The molecule has 2 heterocycles. The molecule has 14 heavy (non-hydrogen) atoms. The molecule has 6 heteroatoms. The van der Waals surface area contributed by atoms with Crippen LogP contribution in [0.5, 0.6) is 0 Å². The third-order valence-electron chi connectivity index (χ3n) is 2.32. The molecule has 0 radical (unpaired) electrons. The van der Waals surface area contributed by atoms with Crippen molar-refractivity contribution in [2.45, 2.75) is 6.04 Å². The molecule has 1 aliphatic heterocycles. The van der Waals surface area contributed by atoms with Crippen LogP contribution in [0.2, 0.25) is 0 Å². The fraction of sp³-hybridized carbons (Fsp3) is 0.625. The Morgan fingerprint density at radius 2 is 2.43 bits per heavy atom. The average Bonchev–Trinajstić information content (AvgIpc) is 2.50. The Morgan fingerprint density at radius 3 is 3.00 bits per heavy atom. The van der Waals surface area contributed by atoms with Gasteiger partial charge in [0.1, 0.15) is 0 Å². The van der Waals surface area contributed by atoms with Gasteiger partial charge in [0.2, 0.25) is 0 Å². The van der Waals surface area contributed by atoms with Crippen molar-refractivity contribution in [1.29, 1.82) is 0 Å². The normalized spacial score (nSPS) is 26.2. The zero-order chi connectivity index (χ0) is 10.2. The molecule has 0 aliphatic carbocycles. The Hall–Kier alpha value is -0.880. The van der Waals surface area contributed by atoms with Crippen molar-refractivity contribution in [3.63, 3.8) is 0 Å². The maximum atomic E-state index is 11.4. The van der Waals surface area contributed by atoms with Crippen molar-refractivity contribution in [2.75, 3.05) is 18.1 Å². The van der Waals surface area contributed by atoms with Gasteiger partial charge in [-0.25, -0.2) is 8.42 Å². The van der Waals surface area contributed by atoms with Crippen molar-refractivity contribution in [2.24, 2.45) is 7.05 Å². The van der Waals surface area contributed by atoms with Crippen molar-refractivity contribution in [3.05, 3.63) is 18.0 Å². The predicted molar refractivity (Wildman–Crippen MR) is 52.6 cm³/mol. The molecule has 0 amide bonds. The highest BCUT2D eigenvalue weighted by molar-refractivity contribution is 7.91. The van der Waals surface area contributed by atoms with Crippen LogP contribution in [0, 0.1) is 0 Å². The van der Waals surface area contributed by atoms with Gasteiger partial charge in [-0.05, 0) is 6.07 Å². The standard InChI is InChI=1S/C8H13N3O2S/c1-11-4-2-7(10-11)8-6-14(12,13)5-3-9-8/h2,4,8-9H,3,5-6H2,1H3. The lowest BCUT2D eigenvalue weighted by Gasteiger charge is -2.21. The highest BCUT2D eigenvalue weighted by atomic mass is 32.2. The van der Waals surface area contributed by atoms with Crippen LogP contribution < -0.4 is 5.32 Å². The number of nitrogens with one attached hydrogen (secondary N) is 1. The monoisotopic (exact) mass is 215 g/mol. The van der Waals surface area contributed by atoms with Crippen LogP contribution in [0.15, 0.2) is 12.3 Å². The molecule has 1 atom stereocenters. The summed E-state index contributed by atoms with van der Waals surface area (Å²) in [7, 11) is -1.06. The summed E-state index contributed by atoms with van der Waals surface area (Å²) in [5, 5.41) is 7.34. The van der Waals surface area contributed by atoms with Crippen LogP contribution in [0.3, 0.4) is 0 Å². The largest absolute Gasteiger partial charge is 0.307 e. The van der Waals surface area contributed by atoms with E-state index in [9.17, 15) is 8.42 Å². The Bertz CT molecular complexity index is 424. The number of hydrogen-bond donors (Lipinski definition) is 1. The number of rotatable bonds is 1. The van der Waals surface area contributed by atoms with Gasteiger partial charge >= 0.3 is 0 Å². The van der Waals surface area contributed by atoms with Crippen LogP contribution in [-0.2, 0) is 16.9 Å². The Morgan fingerprint density at radius 1 is 1.64 bits per heavy atom. The molecular weight excluding hydrogens is 202 g/mol. The lowest BCUT2D eigenvalue weighted by atomic mass is 10.2. The maximum absolute atomic E-state index is 11.4. The second kappa shape index (κ2) is 3.36. The molecule has 5 nitrogen and oxygen atoms in total. The third-order valence-corrected chi connectivity index (χ3v) is 3.98. The summed E-state index contributed by atoms with van der Waals surface area (Å²) in [6, 6.07) is 1.70. The zero-order valence-corrected chi connectivity index (χ0v) is 8.79. The first-order valence-corrected chi connectivity index (χ1v) is 6.32. The molecule has 78 valence electrons. The minimum absolute atomic E-state index is 0.144. The Kier molecular flexibility index (Phi) is 2.32. The van der Waals surface area contributed by atoms with Crippen molar-refractivity contribution in [1.82, 2.24) is 15.1 Å². The minimum atomic E-state index is -2.88. The van der Waals surface area contributed by atoms with Crippen LogP contribution >= 0.6 is 0 Å². The summed E-state index contributed by atoms with van der Waals surface area (Å²) >= 11 is 0. The lowest BCUT2D eigenvalue weighted by Crippen LogP contribution is -2.39. The molecule has 1 aromatic rings. The highest BCUT2D eigenvalue weighted by Crippen LogP contribution is 2.16. The number of aromatic nitrogens is 2. The molecule has 1 aromatic heterocycles. The minimum Gasteiger partial charge on any atom is -0.307 e. The molecule has 2 rings (SSSR count). The van der Waals surface area contributed by atoms with Crippen LogP contribution in [0.1, 0.15) is 11.7 Å². The summed E-state index contributed by atoms with van der Waals surface area (Å²) in [4.78, 5) is 0. The SMILES string of the molecule is Cn1ccc(C2CS(=O)(=O)CCN2)n1. The summed E-state index contributed by atoms with van der Waals surface area (Å²) in [6.07, 6.45) is 1.82. The Labute approximate surface area is 83.0 Å². The molecular formula is C8H13N3O2S. The first-order chi connectivity index (χ1) is 6.57. The van der Waals surface area contributed by atoms with E-state index < -0.39 is 9.84 Å². The molecule has 0 spiro atoms. The van der Waals surface area contributed by atoms with E-state index in [2.05, 4.69) is 10.4 Å². The number of sulfone groups is 1. The first kappa shape index (κ1) is 9.67. The van der Waals surface area contributed by atoms with E-state index in [-0.39, 0.29) is 17.5 Å². The smallest absolute Gasteiger partial charge is 0.153 e. The second-order valence-corrected chi connectivity index (χ2v) is 5.76. The second-order valence-electron chi connectivity index (χ2n) is 3.54. The summed E-state index contributed by atoms with van der Waals surface area (Å²) in [5.41, 5.74) is 0.802. The van der Waals surface area contributed by atoms with Gasteiger partial charge in [0.05, 0.1) is 23.2 Å². The van der Waals surface area contributed by atoms with Crippen LogP contribution in [-0.4, -0.2) is 36.2 Å². The van der Waals surface area contributed by atoms with Crippen LogP contribution in [0.4, 0.5) is 0 Å². The topological polar surface area (TPSA) is 64.0 Å². The fourth-order valence-corrected chi connectivity index (χ4v) is 2.99. The van der Waals surface area contributed by atoms with Gasteiger partial charge in [-0.3, -0.25) is 4.68 Å². The number of hydrogen-bond acceptors (Lipinski definition) is 4. The van der Waals surface area contributed by atoms with Gasteiger partial charge < -0.3 is 5.32 Å². The van der Waals surface area contributed by atoms with E-state index in [1.165, 1.54) is 0 Å². The molecule has 1 saturated heterocycles. The molecule has 1 unspecified atom stereocenters. The van der Waals surface area contributed by atoms with Crippen molar-refractivity contribution in [3.8, 4) is 0 Å². The van der Waals surface area contributed by atoms with Gasteiger partial charge in [-0.2, -0.15) is 5.10 Å². The number of aryl methyl sites for hydroxylation is 1. The summed E-state index contributed by atoms with van der Waals surface area (Å²) in [6.45, 7) is 0.517. The van der Waals surface area contributed by atoms with E-state index in [1.807, 2.05) is 19.3 Å². The van der Waals surface area contributed by atoms with E-state index in [4.69, 9.17) is 0 Å². The van der Waals surface area contributed by atoms with Gasteiger partial charge in [0.25, 0.3) is 0 Å². The predicted octanol–water partition coefficient (Wildman–Crippen LogP) is -0.521. The van der Waals surface area contributed by atoms with E-state index in [1.54, 1.807) is 4.68 Å². The highest BCUT2D eigenvalue weighted by Gasteiger charge is 2.26. The molecule has 1 fully saturated rings. The van der Waals surface area contributed by atoms with Gasteiger partial charge in [0.15, 0.2) is 9.84 Å². The Balaban J connectivity index is 2.20. The molecule has 0 aromatic carbocycles. The van der Waals surface area contributed by atoms with Crippen LogP contribution in [0.25, 0.3) is 0 Å². The molecule has 0 bridgehead atoms. The third kappa shape index (κ3) is 1.96. The molecule has 1 aliphatic rings. The van der Waals surface area contributed by atoms with Gasteiger partial charge in [-0.15, -0.1) is 0 Å².